The second kappa shape index (κ2) is 9.40. The Balaban J connectivity index is 1.52. The second-order valence-electron chi connectivity index (χ2n) is 7.75. The highest BCUT2D eigenvalue weighted by Crippen LogP contribution is 2.30. The molecule has 1 aliphatic rings. The van der Waals surface area contributed by atoms with Crippen LogP contribution in [0.5, 0.6) is 0 Å². The van der Waals surface area contributed by atoms with Gasteiger partial charge in [-0.05, 0) is 68.0 Å². The molecular formula is C18H27N9S2. The minimum Gasteiger partial charge on any atom is -0.308 e. The predicted molar refractivity (Wildman–Crippen MR) is 113 cm³/mol. The Kier molecular flexibility index (Phi) is 6.66. The molecule has 4 rings (SSSR count). The molecule has 0 bridgehead atoms. The predicted octanol–water partition coefficient (Wildman–Crippen LogP) is 2.80. The highest BCUT2D eigenvalue weighted by Gasteiger charge is 2.18. The lowest BCUT2D eigenvalue weighted by Crippen LogP contribution is -2.19. The van der Waals surface area contributed by atoms with E-state index in [9.17, 15) is 0 Å². The Morgan fingerprint density at radius 3 is 2.79 bits per heavy atom. The van der Waals surface area contributed by atoms with Crippen LogP contribution in [0, 0.1) is 12.8 Å². The minimum atomic E-state index is 0.631. The summed E-state index contributed by atoms with van der Waals surface area (Å²) < 4.78 is 3.63. The van der Waals surface area contributed by atoms with Crippen LogP contribution in [0.1, 0.15) is 37.8 Å². The SMILES string of the molecule is Cc1cc(Sc2nnnn2CCN(C)C)n2nc(SCC3CCCCC3)nc2n1. The summed E-state index contributed by atoms with van der Waals surface area (Å²) in [4.78, 5) is 11.3. The van der Waals surface area contributed by atoms with Crippen LogP contribution < -0.4 is 0 Å². The number of thioether (sulfide) groups is 1. The second-order valence-corrected chi connectivity index (χ2v) is 9.72. The smallest absolute Gasteiger partial charge is 0.254 e. The fourth-order valence-electron chi connectivity index (χ4n) is 3.41. The highest BCUT2D eigenvalue weighted by molar-refractivity contribution is 7.99. The molecule has 1 aliphatic carbocycles. The van der Waals surface area contributed by atoms with Crippen LogP contribution in [0.4, 0.5) is 0 Å². The van der Waals surface area contributed by atoms with Crippen molar-refractivity contribution in [3.63, 3.8) is 0 Å². The summed E-state index contributed by atoms with van der Waals surface area (Å²) >= 11 is 3.24. The minimum absolute atomic E-state index is 0.631. The van der Waals surface area contributed by atoms with E-state index in [0.29, 0.717) is 5.78 Å². The normalized spacial score (nSPS) is 15.6. The van der Waals surface area contributed by atoms with Gasteiger partial charge in [0.2, 0.25) is 10.3 Å². The van der Waals surface area contributed by atoms with Crippen molar-refractivity contribution in [2.24, 2.45) is 5.92 Å². The van der Waals surface area contributed by atoms with Crippen molar-refractivity contribution in [3.05, 3.63) is 11.8 Å². The summed E-state index contributed by atoms with van der Waals surface area (Å²) in [7, 11) is 4.07. The third-order valence-electron chi connectivity index (χ3n) is 5.01. The molecular weight excluding hydrogens is 406 g/mol. The maximum absolute atomic E-state index is 4.72. The lowest BCUT2D eigenvalue weighted by molar-refractivity contribution is 0.361. The van der Waals surface area contributed by atoms with Crippen LogP contribution in [0.2, 0.25) is 0 Å². The molecule has 1 fully saturated rings. The Morgan fingerprint density at radius 1 is 1.17 bits per heavy atom. The Morgan fingerprint density at radius 2 is 2.00 bits per heavy atom. The molecule has 0 amide bonds. The fourth-order valence-corrected chi connectivity index (χ4v) is 5.35. The van der Waals surface area contributed by atoms with Crippen LogP contribution in [0.25, 0.3) is 5.78 Å². The first-order chi connectivity index (χ1) is 14.1. The number of likely N-dealkylation sites (N-methyl/N-ethyl adjacent to an activating group) is 1. The summed E-state index contributed by atoms with van der Waals surface area (Å²) in [6, 6.07) is 2.01. The van der Waals surface area contributed by atoms with Crippen LogP contribution in [0.3, 0.4) is 0 Å². The van der Waals surface area contributed by atoms with E-state index in [4.69, 9.17) is 5.10 Å². The van der Waals surface area contributed by atoms with Crippen LogP contribution in [-0.4, -0.2) is 71.1 Å². The van der Waals surface area contributed by atoms with Crippen LogP contribution >= 0.6 is 23.5 Å². The monoisotopic (exact) mass is 433 g/mol. The molecule has 0 N–H and O–H groups in total. The van der Waals surface area contributed by atoms with Gasteiger partial charge in [-0.2, -0.15) is 9.50 Å². The van der Waals surface area contributed by atoms with Crippen molar-refractivity contribution in [2.75, 3.05) is 26.4 Å². The van der Waals surface area contributed by atoms with Crippen molar-refractivity contribution in [1.82, 2.24) is 44.7 Å². The quantitative estimate of drug-likeness (QED) is 0.393. The molecule has 0 radical (unpaired) electrons. The van der Waals surface area contributed by atoms with Gasteiger partial charge in [-0.3, -0.25) is 0 Å². The van der Waals surface area contributed by atoms with E-state index in [1.807, 2.05) is 36.3 Å². The molecule has 0 unspecified atom stereocenters. The number of nitrogens with zero attached hydrogens (tertiary/aromatic N) is 9. The Labute approximate surface area is 179 Å². The van der Waals surface area contributed by atoms with Crippen molar-refractivity contribution in [2.45, 2.75) is 60.9 Å². The van der Waals surface area contributed by atoms with Gasteiger partial charge in [-0.15, -0.1) is 10.2 Å². The standard InChI is InChI=1S/C18H27N9S2/c1-13-11-15(29-18-21-23-24-26(18)10-9-25(2)3)27-16(19-13)20-17(22-27)28-12-14-7-5-4-6-8-14/h11,14H,4-10,12H2,1-3H3. The number of aryl methyl sites for hydroxylation is 1. The lowest BCUT2D eigenvalue weighted by Gasteiger charge is -2.20. The van der Waals surface area contributed by atoms with Gasteiger partial charge in [0, 0.05) is 18.0 Å². The van der Waals surface area contributed by atoms with E-state index in [1.165, 1.54) is 43.9 Å². The summed E-state index contributed by atoms with van der Waals surface area (Å²) in [5, 5.41) is 19.3. The first kappa shape index (κ1) is 20.5. The Hall–Kier alpha value is -1.72. The van der Waals surface area contributed by atoms with Crippen molar-refractivity contribution < 1.29 is 0 Å². The van der Waals surface area contributed by atoms with E-state index >= 15 is 0 Å². The molecule has 9 nitrogen and oxygen atoms in total. The zero-order valence-corrected chi connectivity index (χ0v) is 18.8. The van der Waals surface area contributed by atoms with Crippen molar-refractivity contribution in [1.29, 1.82) is 0 Å². The zero-order chi connectivity index (χ0) is 20.2. The van der Waals surface area contributed by atoms with Gasteiger partial charge in [0.15, 0.2) is 0 Å². The summed E-state index contributed by atoms with van der Waals surface area (Å²) in [6.07, 6.45) is 6.75. The number of rotatable bonds is 8. The summed E-state index contributed by atoms with van der Waals surface area (Å²) in [5.74, 6) is 2.50. The van der Waals surface area contributed by atoms with Crippen LogP contribution in [-0.2, 0) is 6.54 Å². The third kappa shape index (κ3) is 5.26. The molecule has 3 heterocycles. The molecule has 1 saturated carbocycles. The maximum atomic E-state index is 4.72. The van der Waals surface area contributed by atoms with E-state index in [0.717, 1.165) is 45.8 Å². The van der Waals surface area contributed by atoms with Crippen molar-refractivity contribution >= 4 is 29.3 Å². The first-order valence-electron chi connectivity index (χ1n) is 10.0. The van der Waals surface area contributed by atoms with E-state index in [-0.39, 0.29) is 0 Å². The highest BCUT2D eigenvalue weighted by atomic mass is 32.2. The van der Waals surface area contributed by atoms with Crippen LogP contribution in [0.15, 0.2) is 21.4 Å². The van der Waals surface area contributed by atoms with E-state index in [2.05, 4.69) is 30.4 Å². The molecule has 11 heteroatoms. The average molecular weight is 434 g/mol. The fraction of sp³-hybridized carbons (Fsp3) is 0.667. The molecule has 0 atom stereocenters. The maximum Gasteiger partial charge on any atom is 0.254 e. The molecule has 0 aliphatic heterocycles. The topological polar surface area (TPSA) is 89.9 Å². The third-order valence-corrected chi connectivity index (χ3v) is 7.06. The molecule has 0 aromatic carbocycles. The van der Waals surface area contributed by atoms with E-state index < -0.39 is 0 Å². The Bertz CT molecular complexity index is 946. The number of fused-ring (bicyclic) bond motifs is 1. The lowest BCUT2D eigenvalue weighted by atomic mass is 9.91. The number of hydrogen-bond donors (Lipinski definition) is 0. The molecule has 3 aromatic heterocycles. The summed E-state index contributed by atoms with van der Waals surface area (Å²) in [6.45, 7) is 3.58. The van der Waals surface area contributed by atoms with Gasteiger partial charge in [0.05, 0.1) is 6.54 Å². The van der Waals surface area contributed by atoms with Gasteiger partial charge in [0.1, 0.15) is 5.03 Å². The first-order valence-corrected chi connectivity index (χ1v) is 11.8. The zero-order valence-electron chi connectivity index (χ0n) is 17.2. The summed E-state index contributed by atoms with van der Waals surface area (Å²) in [5.41, 5.74) is 0.906. The molecule has 0 spiro atoms. The van der Waals surface area contributed by atoms with Gasteiger partial charge in [0.25, 0.3) is 5.78 Å². The average Bonchev–Trinajstić information content (AvgIpc) is 3.32. The van der Waals surface area contributed by atoms with Crippen molar-refractivity contribution in [3.8, 4) is 0 Å². The van der Waals surface area contributed by atoms with Gasteiger partial charge < -0.3 is 4.90 Å². The largest absolute Gasteiger partial charge is 0.308 e. The van der Waals surface area contributed by atoms with Gasteiger partial charge in [-0.25, -0.2) is 9.67 Å². The van der Waals surface area contributed by atoms with E-state index in [1.54, 1.807) is 11.8 Å². The molecule has 3 aromatic rings. The molecule has 156 valence electrons. The number of aromatic nitrogens is 8. The van der Waals surface area contributed by atoms with Gasteiger partial charge >= 0.3 is 0 Å². The number of tetrazole rings is 1. The number of hydrogen-bond acceptors (Lipinski definition) is 9. The molecule has 29 heavy (non-hydrogen) atoms. The van der Waals surface area contributed by atoms with Gasteiger partial charge in [-0.1, -0.05) is 31.0 Å². The molecule has 0 saturated heterocycles.